The molecular formula is C12H25N3S. The molecule has 2 aliphatic rings. The lowest BCUT2D eigenvalue weighted by molar-refractivity contribution is 0.0530. The molecule has 0 spiro atoms. The summed E-state index contributed by atoms with van der Waals surface area (Å²) in [6.07, 6.45) is 3.94. The van der Waals surface area contributed by atoms with Crippen LogP contribution in [-0.2, 0) is 0 Å². The van der Waals surface area contributed by atoms with Gasteiger partial charge in [0.25, 0.3) is 0 Å². The molecule has 2 atom stereocenters. The highest BCUT2D eigenvalue weighted by molar-refractivity contribution is 7.99. The second kappa shape index (κ2) is 5.25. The van der Waals surface area contributed by atoms with E-state index in [1.807, 2.05) is 0 Å². The van der Waals surface area contributed by atoms with E-state index in [1.54, 1.807) is 0 Å². The lowest BCUT2D eigenvalue weighted by Gasteiger charge is -2.45. The highest BCUT2D eigenvalue weighted by Crippen LogP contribution is 2.34. The fourth-order valence-corrected chi connectivity index (χ4v) is 4.54. The Morgan fingerprint density at radius 2 is 2.38 bits per heavy atom. The van der Waals surface area contributed by atoms with Gasteiger partial charge in [-0.1, -0.05) is 0 Å². The third kappa shape index (κ3) is 2.40. The van der Waals surface area contributed by atoms with Gasteiger partial charge in [-0.05, 0) is 45.7 Å². The van der Waals surface area contributed by atoms with Gasteiger partial charge in [0.15, 0.2) is 0 Å². The summed E-state index contributed by atoms with van der Waals surface area (Å²) in [5, 5.41) is 0. The number of thioether (sulfide) groups is 1. The van der Waals surface area contributed by atoms with E-state index in [4.69, 9.17) is 5.73 Å². The Kier molecular flexibility index (Phi) is 4.16. The molecule has 3 nitrogen and oxygen atoms in total. The summed E-state index contributed by atoms with van der Waals surface area (Å²) in [5.41, 5.74) is 6.33. The van der Waals surface area contributed by atoms with Gasteiger partial charge < -0.3 is 10.6 Å². The minimum atomic E-state index is 0.285. The molecule has 0 radical (unpaired) electrons. The number of likely N-dealkylation sites (tertiary alicyclic amines) is 1. The number of hydrogen-bond acceptors (Lipinski definition) is 4. The Balaban J connectivity index is 2.01. The molecule has 2 saturated heterocycles. The van der Waals surface area contributed by atoms with Gasteiger partial charge in [-0.3, -0.25) is 4.90 Å². The van der Waals surface area contributed by atoms with E-state index < -0.39 is 0 Å². The van der Waals surface area contributed by atoms with E-state index >= 15 is 0 Å². The third-order valence-electron chi connectivity index (χ3n) is 4.36. The molecule has 2 fully saturated rings. The quantitative estimate of drug-likeness (QED) is 0.796. The standard InChI is InChI=1S/C12H25N3S/c1-14-6-3-4-11(8-14)15(2)12(9-13)5-7-16-10-12/h11H,3-10,13H2,1-2H3. The minimum Gasteiger partial charge on any atom is -0.329 e. The second-order valence-corrected chi connectivity index (χ2v) is 6.51. The second-order valence-electron chi connectivity index (χ2n) is 5.40. The zero-order valence-corrected chi connectivity index (χ0v) is 11.4. The molecule has 2 unspecified atom stereocenters. The molecule has 0 aliphatic carbocycles. The summed E-state index contributed by atoms with van der Waals surface area (Å²) in [6, 6.07) is 0.709. The SMILES string of the molecule is CN1CCCC(N(C)C2(CN)CCSC2)C1. The molecule has 0 saturated carbocycles. The van der Waals surface area contributed by atoms with Crippen LogP contribution in [0.2, 0.25) is 0 Å². The first-order valence-corrected chi connectivity index (χ1v) is 7.53. The third-order valence-corrected chi connectivity index (χ3v) is 5.59. The fourth-order valence-electron chi connectivity index (χ4n) is 3.02. The molecule has 94 valence electrons. The smallest absolute Gasteiger partial charge is 0.0430 e. The summed E-state index contributed by atoms with van der Waals surface area (Å²) in [4.78, 5) is 5.06. The summed E-state index contributed by atoms with van der Waals surface area (Å²) in [7, 11) is 4.53. The molecule has 4 heteroatoms. The fraction of sp³-hybridized carbons (Fsp3) is 1.00. The van der Waals surface area contributed by atoms with E-state index in [0.29, 0.717) is 6.04 Å². The Bertz CT molecular complexity index is 228. The number of nitrogens with zero attached hydrogens (tertiary/aromatic N) is 2. The van der Waals surface area contributed by atoms with Crippen LogP contribution < -0.4 is 5.73 Å². The minimum absolute atomic E-state index is 0.285. The van der Waals surface area contributed by atoms with Crippen molar-refractivity contribution in [3.8, 4) is 0 Å². The maximum atomic E-state index is 6.04. The molecule has 2 N–H and O–H groups in total. The largest absolute Gasteiger partial charge is 0.329 e. The molecule has 0 aromatic carbocycles. The Morgan fingerprint density at radius 1 is 1.56 bits per heavy atom. The Hall–Kier alpha value is 0.230. The first-order chi connectivity index (χ1) is 7.68. The number of hydrogen-bond donors (Lipinski definition) is 1. The van der Waals surface area contributed by atoms with Crippen molar-refractivity contribution in [3.05, 3.63) is 0 Å². The normalized spacial score (nSPS) is 37.1. The van der Waals surface area contributed by atoms with Gasteiger partial charge in [0.2, 0.25) is 0 Å². The van der Waals surface area contributed by atoms with E-state index in [9.17, 15) is 0 Å². The predicted molar refractivity (Wildman–Crippen MR) is 72.0 cm³/mol. The van der Waals surface area contributed by atoms with Crippen LogP contribution in [0.4, 0.5) is 0 Å². The summed E-state index contributed by atoms with van der Waals surface area (Å²) >= 11 is 2.06. The first kappa shape index (κ1) is 12.7. The van der Waals surface area contributed by atoms with E-state index in [-0.39, 0.29) is 5.54 Å². The molecule has 2 rings (SSSR count). The molecule has 2 heterocycles. The topological polar surface area (TPSA) is 32.5 Å². The number of nitrogens with two attached hydrogens (primary N) is 1. The number of piperidine rings is 1. The van der Waals surface area contributed by atoms with Crippen molar-refractivity contribution in [2.75, 3.05) is 45.2 Å². The van der Waals surface area contributed by atoms with Crippen molar-refractivity contribution in [1.29, 1.82) is 0 Å². The lowest BCUT2D eigenvalue weighted by atomic mass is 9.92. The van der Waals surface area contributed by atoms with Crippen molar-refractivity contribution >= 4 is 11.8 Å². The van der Waals surface area contributed by atoms with Crippen LogP contribution in [0.15, 0.2) is 0 Å². The monoisotopic (exact) mass is 243 g/mol. The van der Waals surface area contributed by atoms with Crippen LogP contribution in [0.3, 0.4) is 0 Å². The molecular weight excluding hydrogens is 218 g/mol. The van der Waals surface area contributed by atoms with Crippen molar-refractivity contribution in [2.24, 2.45) is 5.73 Å². The number of likely N-dealkylation sites (N-methyl/N-ethyl adjacent to an activating group) is 2. The van der Waals surface area contributed by atoms with Gasteiger partial charge >= 0.3 is 0 Å². The van der Waals surface area contributed by atoms with Crippen LogP contribution >= 0.6 is 11.8 Å². The van der Waals surface area contributed by atoms with Crippen LogP contribution in [0, 0.1) is 0 Å². The number of rotatable bonds is 3. The van der Waals surface area contributed by atoms with Crippen LogP contribution in [-0.4, -0.2) is 66.6 Å². The Morgan fingerprint density at radius 3 is 2.94 bits per heavy atom. The maximum absolute atomic E-state index is 6.04. The highest BCUT2D eigenvalue weighted by atomic mass is 32.2. The first-order valence-electron chi connectivity index (χ1n) is 6.37. The maximum Gasteiger partial charge on any atom is 0.0430 e. The zero-order chi connectivity index (χ0) is 11.6. The van der Waals surface area contributed by atoms with Crippen molar-refractivity contribution in [2.45, 2.75) is 30.8 Å². The van der Waals surface area contributed by atoms with Crippen LogP contribution in [0.5, 0.6) is 0 Å². The van der Waals surface area contributed by atoms with Crippen LogP contribution in [0.1, 0.15) is 19.3 Å². The summed E-state index contributed by atoms with van der Waals surface area (Å²) < 4.78 is 0. The van der Waals surface area contributed by atoms with E-state index in [1.165, 1.54) is 43.9 Å². The molecule has 16 heavy (non-hydrogen) atoms. The molecule has 0 amide bonds. The van der Waals surface area contributed by atoms with Gasteiger partial charge in [-0.15, -0.1) is 0 Å². The van der Waals surface area contributed by atoms with E-state index in [0.717, 1.165) is 6.54 Å². The average Bonchev–Trinajstić information content (AvgIpc) is 2.78. The van der Waals surface area contributed by atoms with Crippen molar-refractivity contribution < 1.29 is 0 Å². The van der Waals surface area contributed by atoms with Gasteiger partial charge in [0, 0.05) is 30.4 Å². The molecule has 2 aliphatic heterocycles. The molecule has 0 bridgehead atoms. The summed E-state index contributed by atoms with van der Waals surface area (Å²) in [5.74, 6) is 2.50. The average molecular weight is 243 g/mol. The highest BCUT2D eigenvalue weighted by Gasteiger charge is 2.40. The van der Waals surface area contributed by atoms with Gasteiger partial charge in [-0.25, -0.2) is 0 Å². The molecule has 0 aromatic rings. The lowest BCUT2D eigenvalue weighted by Crippen LogP contribution is -2.59. The van der Waals surface area contributed by atoms with E-state index in [2.05, 4.69) is 35.7 Å². The predicted octanol–water partition coefficient (Wildman–Crippen LogP) is 0.847. The summed E-state index contributed by atoms with van der Waals surface area (Å²) in [6.45, 7) is 3.29. The van der Waals surface area contributed by atoms with Crippen molar-refractivity contribution in [1.82, 2.24) is 9.80 Å². The van der Waals surface area contributed by atoms with Crippen LogP contribution in [0.25, 0.3) is 0 Å². The van der Waals surface area contributed by atoms with Crippen molar-refractivity contribution in [3.63, 3.8) is 0 Å². The molecule has 0 aromatic heterocycles. The van der Waals surface area contributed by atoms with Gasteiger partial charge in [-0.2, -0.15) is 11.8 Å². The van der Waals surface area contributed by atoms with Gasteiger partial charge in [0.1, 0.15) is 0 Å². The zero-order valence-electron chi connectivity index (χ0n) is 10.6. The van der Waals surface area contributed by atoms with Gasteiger partial charge in [0.05, 0.1) is 0 Å². The Labute approximate surface area is 104 Å².